The van der Waals surface area contributed by atoms with Crippen molar-refractivity contribution in [3.63, 3.8) is 0 Å². The Labute approximate surface area is 218 Å². The maximum absolute atomic E-state index is 12.6. The molecule has 0 bridgehead atoms. The molecule has 7 heteroatoms. The van der Waals surface area contributed by atoms with E-state index in [1.807, 2.05) is 61.6 Å². The van der Waals surface area contributed by atoms with E-state index in [1.54, 1.807) is 12.1 Å². The number of hydrogen-bond donors (Lipinski definition) is 2. The Morgan fingerprint density at radius 3 is 2.43 bits per heavy atom. The predicted molar refractivity (Wildman–Crippen MR) is 145 cm³/mol. The van der Waals surface area contributed by atoms with E-state index >= 15 is 0 Å². The molecular formula is C30H35N3O4. The minimum atomic E-state index is -0.909. The number of aromatic carboxylic acids is 1. The molecule has 1 heterocycles. The number of carboxylic acid groups (broad SMARTS) is 1. The highest BCUT2D eigenvalue weighted by Gasteiger charge is 2.26. The van der Waals surface area contributed by atoms with Crippen LogP contribution in [-0.2, 0) is 17.8 Å². The molecule has 1 fully saturated rings. The Hall–Kier alpha value is -3.68. The normalized spacial score (nSPS) is 15.6. The highest BCUT2D eigenvalue weighted by atomic mass is 16.5. The lowest BCUT2D eigenvalue weighted by molar-refractivity contribution is -0.117. The van der Waals surface area contributed by atoms with Crippen molar-refractivity contribution in [2.24, 2.45) is 0 Å². The molecule has 1 atom stereocenters. The molecule has 1 aliphatic rings. The van der Waals surface area contributed by atoms with Gasteiger partial charge in [-0.25, -0.2) is 4.79 Å². The molecule has 0 aliphatic carbocycles. The lowest BCUT2D eigenvalue weighted by atomic mass is 10.1. The first kappa shape index (κ1) is 26.4. The fourth-order valence-electron chi connectivity index (χ4n) is 4.73. The Morgan fingerprint density at radius 1 is 1.00 bits per heavy atom. The molecule has 0 saturated carbocycles. The molecule has 4 rings (SSSR count). The fourth-order valence-corrected chi connectivity index (χ4v) is 4.73. The topological polar surface area (TPSA) is 82.1 Å². The van der Waals surface area contributed by atoms with Crippen molar-refractivity contribution in [1.29, 1.82) is 0 Å². The molecular weight excluding hydrogens is 466 g/mol. The first-order valence-corrected chi connectivity index (χ1v) is 12.8. The van der Waals surface area contributed by atoms with E-state index in [9.17, 15) is 9.59 Å². The monoisotopic (exact) mass is 501 g/mol. The molecule has 3 aromatic carbocycles. The smallest absolute Gasteiger partial charge is 0.335 e. The minimum absolute atomic E-state index is 0.0472. The van der Waals surface area contributed by atoms with Crippen LogP contribution in [0.3, 0.4) is 0 Å². The number of amides is 1. The second-order valence-electron chi connectivity index (χ2n) is 9.62. The molecule has 0 aromatic heterocycles. The number of anilines is 1. The Balaban J connectivity index is 1.19. The average molecular weight is 502 g/mol. The van der Waals surface area contributed by atoms with Crippen molar-refractivity contribution < 1.29 is 19.4 Å². The molecule has 37 heavy (non-hydrogen) atoms. The quantitative estimate of drug-likeness (QED) is 0.379. The number of likely N-dealkylation sites (N-methyl/N-ethyl adjacent to an activating group) is 1. The van der Waals surface area contributed by atoms with Crippen molar-refractivity contribution in [1.82, 2.24) is 9.80 Å². The summed E-state index contributed by atoms with van der Waals surface area (Å²) in [5.74, 6) is -0.173. The van der Waals surface area contributed by atoms with Gasteiger partial charge in [-0.1, -0.05) is 42.5 Å². The van der Waals surface area contributed by atoms with Crippen LogP contribution in [-0.4, -0.2) is 66.1 Å². The number of ether oxygens (including phenoxy) is 1. The van der Waals surface area contributed by atoms with Gasteiger partial charge in [0.1, 0.15) is 5.75 Å². The maximum atomic E-state index is 12.6. The number of hydrogen-bond acceptors (Lipinski definition) is 5. The second-order valence-corrected chi connectivity index (χ2v) is 9.62. The highest BCUT2D eigenvalue weighted by molar-refractivity contribution is 5.92. The van der Waals surface area contributed by atoms with Gasteiger partial charge in [-0.3, -0.25) is 14.6 Å². The summed E-state index contributed by atoms with van der Waals surface area (Å²) in [6, 6.07) is 25.2. The second kappa shape index (κ2) is 13.0. The molecule has 0 unspecified atom stereocenters. The minimum Gasteiger partial charge on any atom is -0.493 e. The van der Waals surface area contributed by atoms with Crippen LogP contribution in [0.25, 0.3) is 0 Å². The summed E-state index contributed by atoms with van der Waals surface area (Å²) in [5, 5.41) is 12.1. The summed E-state index contributed by atoms with van der Waals surface area (Å²) >= 11 is 0. The number of likely N-dealkylation sites (tertiary alicyclic amines) is 1. The molecule has 3 aromatic rings. The number of nitrogens with zero attached hydrogens (tertiary/aromatic N) is 2. The summed E-state index contributed by atoms with van der Waals surface area (Å²) in [6.07, 6.45) is 3.06. The van der Waals surface area contributed by atoms with E-state index in [4.69, 9.17) is 9.84 Å². The van der Waals surface area contributed by atoms with Crippen LogP contribution in [0.1, 0.15) is 34.3 Å². The predicted octanol–water partition coefficient (Wildman–Crippen LogP) is 4.54. The number of benzene rings is 3. The number of carbonyl (C=O) groups is 2. The largest absolute Gasteiger partial charge is 0.493 e. The van der Waals surface area contributed by atoms with Crippen molar-refractivity contribution in [2.45, 2.75) is 31.8 Å². The summed E-state index contributed by atoms with van der Waals surface area (Å²) in [7, 11) is 1.97. The molecule has 2 N–H and O–H groups in total. The van der Waals surface area contributed by atoms with Gasteiger partial charge in [0.05, 0.1) is 18.7 Å². The molecule has 1 aliphatic heterocycles. The third-order valence-corrected chi connectivity index (χ3v) is 6.66. The lowest BCUT2D eigenvalue weighted by Crippen LogP contribution is -2.41. The first-order chi connectivity index (χ1) is 18.0. The van der Waals surface area contributed by atoms with E-state index in [1.165, 1.54) is 5.56 Å². The SMILES string of the molecule is CN(CC(=O)Nc1ccc(OCCc2ccccc2)cc1)C[C@H]1CCCN1Cc1ccc(C(=O)O)cc1. The lowest BCUT2D eigenvalue weighted by Gasteiger charge is -2.28. The number of carbonyl (C=O) groups excluding carboxylic acids is 1. The van der Waals surface area contributed by atoms with Crippen molar-refractivity contribution in [3.8, 4) is 5.75 Å². The van der Waals surface area contributed by atoms with Crippen molar-refractivity contribution >= 4 is 17.6 Å². The number of nitrogens with one attached hydrogen (secondary N) is 1. The van der Waals surface area contributed by atoms with E-state index in [2.05, 4.69) is 27.2 Å². The zero-order valence-electron chi connectivity index (χ0n) is 21.3. The van der Waals surface area contributed by atoms with Gasteiger partial charge in [0.25, 0.3) is 0 Å². The van der Waals surface area contributed by atoms with Crippen LogP contribution in [0.15, 0.2) is 78.9 Å². The van der Waals surface area contributed by atoms with E-state index in [-0.39, 0.29) is 5.91 Å². The van der Waals surface area contributed by atoms with Gasteiger partial charge in [0.15, 0.2) is 0 Å². The van der Waals surface area contributed by atoms with Gasteiger partial charge in [0.2, 0.25) is 5.91 Å². The number of carboxylic acids is 1. The van der Waals surface area contributed by atoms with Crippen LogP contribution in [0.2, 0.25) is 0 Å². The van der Waals surface area contributed by atoms with Gasteiger partial charge < -0.3 is 15.2 Å². The molecule has 1 saturated heterocycles. The third kappa shape index (κ3) is 8.17. The third-order valence-electron chi connectivity index (χ3n) is 6.66. The van der Waals surface area contributed by atoms with Crippen molar-refractivity contribution in [3.05, 3.63) is 95.6 Å². The van der Waals surface area contributed by atoms with Crippen LogP contribution >= 0.6 is 0 Å². The Bertz CT molecular complexity index is 1150. The summed E-state index contributed by atoms with van der Waals surface area (Å²) in [5.41, 5.74) is 3.40. The molecule has 194 valence electrons. The van der Waals surface area contributed by atoms with Gasteiger partial charge >= 0.3 is 5.97 Å². The summed E-state index contributed by atoms with van der Waals surface area (Å²) < 4.78 is 5.83. The maximum Gasteiger partial charge on any atom is 0.335 e. The summed E-state index contributed by atoms with van der Waals surface area (Å²) in [6.45, 7) is 3.50. The first-order valence-electron chi connectivity index (χ1n) is 12.8. The number of rotatable bonds is 12. The summed E-state index contributed by atoms with van der Waals surface area (Å²) in [4.78, 5) is 28.2. The average Bonchev–Trinajstić information content (AvgIpc) is 3.32. The molecule has 7 nitrogen and oxygen atoms in total. The fraction of sp³-hybridized carbons (Fsp3) is 0.333. The van der Waals surface area contributed by atoms with Gasteiger partial charge in [0, 0.05) is 31.2 Å². The van der Waals surface area contributed by atoms with E-state index in [0.717, 1.165) is 55.9 Å². The van der Waals surface area contributed by atoms with Crippen LogP contribution in [0.5, 0.6) is 5.75 Å². The van der Waals surface area contributed by atoms with Gasteiger partial charge in [-0.15, -0.1) is 0 Å². The van der Waals surface area contributed by atoms with Crippen LogP contribution in [0, 0.1) is 0 Å². The molecule has 1 amide bonds. The van der Waals surface area contributed by atoms with Gasteiger partial charge in [-0.05, 0) is 74.0 Å². The molecule has 0 radical (unpaired) electrons. The van der Waals surface area contributed by atoms with Crippen molar-refractivity contribution in [2.75, 3.05) is 38.6 Å². The van der Waals surface area contributed by atoms with E-state index in [0.29, 0.717) is 24.8 Å². The van der Waals surface area contributed by atoms with E-state index < -0.39 is 5.97 Å². The standard InChI is InChI=1S/C30H35N3O4/c1-32(21-27-8-5-18-33(27)20-24-9-11-25(12-10-24)30(35)36)22-29(34)31-26-13-15-28(16-14-26)37-19-17-23-6-3-2-4-7-23/h2-4,6-7,9-16,27H,5,8,17-22H2,1H3,(H,31,34)(H,35,36)/t27-/m1/s1. The molecule has 0 spiro atoms. The van der Waals surface area contributed by atoms with Crippen LogP contribution < -0.4 is 10.1 Å². The highest BCUT2D eigenvalue weighted by Crippen LogP contribution is 2.21. The zero-order valence-corrected chi connectivity index (χ0v) is 21.3. The zero-order chi connectivity index (χ0) is 26.0. The Morgan fingerprint density at radius 2 is 1.73 bits per heavy atom. The Kier molecular flexibility index (Phi) is 9.29. The van der Waals surface area contributed by atoms with Crippen LogP contribution in [0.4, 0.5) is 5.69 Å². The van der Waals surface area contributed by atoms with Gasteiger partial charge in [-0.2, -0.15) is 0 Å².